The van der Waals surface area contributed by atoms with Crippen molar-refractivity contribution >= 4 is 17.2 Å². The number of allylic oxidation sites excluding steroid dienone is 1. The van der Waals surface area contributed by atoms with Crippen LogP contribution in [0.15, 0.2) is 24.0 Å². The molecule has 0 atom stereocenters. The third-order valence-corrected chi connectivity index (χ3v) is 4.06. The van der Waals surface area contributed by atoms with Crippen LogP contribution in [0, 0.1) is 0 Å². The second-order valence-corrected chi connectivity index (χ2v) is 5.83. The predicted octanol–water partition coefficient (Wildman–Crippen LogP) is 4.02. The second kappa shape index (κ2) is 6.29. The maximum atomic E-state index is 13.6. The van der Waals surface area contributed by atoms with Gasteiger partial charge in [-0.3, -0.25) is 0 Å². The molecular formula is C17H22FNO2. The SMILES string of the molecule is CC(=C(F)C(=O)O)c1ccc2c(c1)CCCCN2C(C)C. The van der Waals surface area contributed by atoms with Crippen LogP contribution in [0.1, 0.15) is 44.7 Å². The summed E-state index contributed by atoms with van der Waals surface area (Å²) < 4.78 is 13.6. The van der Waals surface area contributed by atoms with Gasteiger partial charge in [-0.05, 0) is 68.9 Å². The van der Waals surface area contributed by atoms with E-state index in [1.807, 2.05) is 18.2 Å². The molecule has 0 aromatic heterocycles. The summed E-state index contributed by atoms with van der Waals surface area (Å²) >= 11 is 0. The number of aliphatic carboxylic acids is 1. The standard InChI is InChI=1S/C17H22FNO2/c1-11(2)19-9-5-4-6-14-10-13(7-8-15(14)19)12(3)16(18)17(20)21/h7-8,10-11H,4-6,9H2,1-3H3,(H,20,21). The molecule has 1 heterocycles. The molecule has 0 radical (unpaired) electrons. The highest BCUT2D eigenvalue weighted by Crippen LogP contribution is 2.31. The number of anilines is 1. The van der Waals surface area contributed by atoms with E-state index >= 15 is 0 Å². The molecule has 0 fully saturated rings. The van der Waals surface area contributed by atoms with E-state index in [0.717, 1.165) is 25.8 Å². The van der Waals surface area contributed by atoms with Crippen molar-refractivity contribution in [2.75, 3.05) is 11.4 Å². The van der Waals surface area contributed by atoms with Gasteiger partial charge in [0.05, 0.1) is 0 Å². The maximum Gasteiger partial charge on any atom is 0.365 e. The van der Waals surface area contributed by atoms with E-state index in [2.05, 4.69) is 18.7 Å². The maximum absolute atomic E-state index is 13.6. The Morgan fingerprint density at radius 2 is 2.05 bits per heavy atom. The van der Waals surface area contributed by atoms with E-state index in [1.54, 1.807) is 0 Å². The Morgan fingerprint density at radius 3 is 2.67 bits per heavy atom. The first-order valence-corrected chi connectivity index (χ1v) is 7.41. The molecule has 1 N–H and O–H groups in total. The van der Waals surface area contributed by atoms with Gasteiger partial charge in [0.15, 0.2) is 0 Å². The highest BCUT2D eigenvalue weighted by atomic mass is 19.1. The summed E-state index contributed by atoms with van der Waals surface area (Å²) in [5.41, 5.74) is 3.20. The average Bonchev–Trinajstić information content (AvgIpc) is 2.66. The molecule has 3 nitrogen and oxygen atoms in total. The number of carboxylic acids is 1. The van der Waals surface area contributed by atoms with E-state index in [4.69, 9.17) is 5.11 Å². The fourth-order valence-electron chi connectivity index (χ4n) is 2.84. The minimum absolute atomic E-state index is 0.186. The Morgan fingerprint density at radius 1 is 1.33 bits per heavy atom. The van der Waals surface area contributed by atoms with Crippen molar-refractivity contribution in [2.24, 2.45) is 0 Å². The van der Waals surface area contributed by atoms with Gasteiger partial charge in [0.25, 0.3) is 0 Å². The van der Waals surface area contributed by atoms with Crippen molar-refractivity contribution in [2.45, 2.75) is 46.1 Å². The summed E-state index contributed by atoms with van der Waals surface area (Å²) in [4.78, 5) is 13.1. The average molecular weight is 291 g/mol. The van der Waals surface area contributed by atoms with Crippen LogP contribution in [0.5, 0.6) is 0 Å². The number of rotatable bonds is 3. The topological polar surface area (TPSA) is 40.5 Å². The zero-order valence-corrected chi connectivity index (χ0v) is 12.8. The fourth-order valence-corrected chi connectivity index (χ4v) is 2.84. The molecule has 0 spiro atoms. The first-order chi connectivity index (χ1) is 9.91. The van der Waals surface area contributed by atoms with Crippen molar-refractivity contribution < 1.29 is 14.3 Å². The largest absolute Gasteiger partial charge is 0.476 e. The quantitative estimate of drug-likeness (QED) is 0.855. The Bertz CT molecular complexity index is 578. The second-order valence-electron chi connectivity index (χ2n) is 5.83. The first-order valence-electron chi connectivity index (χ1n) is 7.41. The van der Waals surface area contributed by atoms with Gasteiger partial charge < -0.3 is 10.0 Å². The minimum atomic E-state index is -1.51. The minimum Gasteiger partial charge on any atom is -0.476 e. The molecule has 0 saturated carbocycles. The van der Waals surface area contributed by atoms with Crippen LogP contribution < -0.4 is 4.90 Å². The number of fused-ring (bicyclic) bond motifs is 1. The number of nitrogens with zero attached hydrogens (tertiary/aromatic N) is 1. The molecule has 0 saturated heterocycles. The smallest absolute Gasteiger partial charge is 0.365 e. The van der Waals surface area contributed by atoms with Crippen LogP contribution in [0.3, 0.4) is 0 Å². The lowest BCUT2D eigenvalue weighted by atomic mass is 9.99. The summed E-state index contributed by atoms with van der Waals surface area (Å²) in [7, 11) is 0. The number of carboxylic acid groups (broad SMARTS) is 1. The summed E-state index contributed by atoms with van der Waals surface area (Å²) in [5, 5.41) is 8.77. The number of halogens is 1. The molecule has 0 unspecified atom stereocenters. The summed E-state index contributed by atoms with van der Waals surface area (Å²) in [6, 6.07) is 6.17. The Hall–Kier alpha value is -1.84. The molecule has 0 amide bonds. The molecule has 1 aromatic rings. The highest BCUT2D eigenvalue weighted by Gasteiger charge is 2.19. The van der Waals surface area contributed by atoms with Gasteiger partial charge in [0.2, 0.25) is 5.83 Å². The van der Waals surface area contributed by atoms with Crippen molar-refractivity contribution in [3.8, 4) is 0 Å². The first kappa shape index (κ1) is 15.5. The molecule has 21 heavy (non-hydrogen) atoms. The van der Waals surface area contributed by atoms with Crippen molar-refractivity contribution in [3.63, 3.8) is 0 Å². The predicted molar refractivity (Wildman–Crippen MR) is 83.2 cm³/mol. The van der Waals surface area contributed by atoms with Crippen molar-refractivity contribution in [1.29, 1.82) is 0 Å². The fraction of sp³-hybridized carbons (Fsp3) is 0.471. The lowest BCUT2D eigenvalue weighted by Gasteiger charge is -2.29. The molecule has 1 aliphatic rings. The molecule has 114 valence electrons. The van der Waals surface area contributed by atoms with E-state index < -0.39 is 11.8 Å². The summed E-state index contributed by atoms with van der Waals surface area (Å²) in [5.74, 6) is -2.59. The van der Waals surface area contributed by atoms with Crippen LogP contribution in [0.2, 0.25) is 0 Å². The third-order valence-electron chi connectivity index (χ3n) is 4.06. The van der Waals surface area contributed by atoms with Crippen LogP contribution in [0.25, 0.3) is 5.57 Å². The van der Waals surface area contributed by atoms with E-state index in [0.29, 0.717) is 11.6 Å². The highest BCUT2D eigenvalue weighted by molar-refractivity contribution is 5.93. The van der Waals surface area contributed by atoms with Gasteiger partial charge in [0.1, 0.15) is 0 Å². The van der Waals surface area contributed by atoms with Gasteiger partial charge in [-0.1, -0.05) is 6.07 Å². The number of aryl methyl sites for hydroxylation is 1. The molecule has 2 rings (SSSR count). The third kappa shape index (κ3) is 3.26. The number of benzene rings is 1. The van der Waals surface area contributed by atoms with Gasteiger partial charge >= 0.3 is 5.97 Å². The van der Waals surface area contributed by atoms with E-state index in [-0.39, 0.29) is 5.57 Å². The molecule has 0 aliphatic carbocycles. The van der Waals surface area contributed by atoms with Crippen molar-refractivity contribution in [3.05, 3.63) is 35.2 Å². The number of hydrogen-bond donors (Lipinski definition) is 1. The molecule has 0 bridgehead atoms. The van der Waals surface area contributed by atoms with Gasteiger partial charge in [-0.2, -0.15) is 4.39 Å². The van der Waals surface area contributed by atoms with E-state index in [9.17, 15) is 9.18 Å². The molecule has 1 aromatic carbocycles. The Balaban J connectivity index is 2.45. The normalized spacial score (nSPS) is 16.3. The number of hydrogen-bond acceptors (Lipinski definition) is 2. The zero-order valence-electron chi connectivity index (χ0n) is 12.8. The summed E-state index contributed by atoms with van der Waals surface area (Å²) in [6.45, 7) is 6.88. The lowest BCUT2D eigenvalue weighted by Crippen LogP contribution is -2.31. The summed E-state index contributed by atoms with van der Waals surface area (Å²) in [6.07, 6.45) is 3.19. The molecular weight excluding hydrogens is 269 g/mol. The van der Waals surface area contributed by atoms with Crippen LogP contribution in [-0.2, 0) is 11.2 Å². The molecule has 1 aliphatic heterocycles. The molecule has 4 heteroatoms. The van der Waals surface area contributed by atoms with Crippen LogP contribution >= 0.6 is 0 Å². The van der Waals surface area contributed by atoms with Crippen LogP contribution in [0.4, 0.5) is 10.1 Å². The van der Waals surface area contributed by atoms with Crippen LogP contribution in [-0.4, -0.2) is 23.7 Å². The Kier molecular flexibility index (Phi) is 4.66. The van der Waals surface area contributed by atoms with E-state index in [1.165, 1.54) is 18.2 Å². The monoisotopic (exact) mass is 291 g/mol. The number of carbonyl (C=O) groups is 1. The van der Waals surface area contributed by atoms with Gasteiger partial charge in [0, 0.05) is 18.3 Å². The zero-order chi connectivity index (χ0) is 15.6. The van der Waals surface area contributed by atoms with Gasteiger partial charge in [-0.15, -0.1) is 0 Å². The Labute approximate surface area is 125 Å². The van der Waals surface area contributed by atoms with Crippen molar-refractivity contribution in [1.82, 2.24) is 0 Å². The lowest BCUT2D eigenvalue weighted by molar-refractivity contribution is -0.134. The van der Waals surface area contributed by atoms with Gasteiger partial charge in [-0.25, -0.2) is 4.79 Å².